The van der Waals surface area contributed by atoms with Gasteiger partial charge in [0.25, 0.3) is 0 Å². The number of anilines is 1. The van der Waals surface area contributed by atoms with Crippen molar-refractivity contribution in [1.29, 1.82) is 0 Å². The van der Waals surface area contributed by atoms with Crippen molar-refractivity contribution in [3.63, 3.8) is 0 Å². The molecule has 0 aliphatic heterocycles. The van der Waals surface area contributed by atoms with E-state index < -0.39 is 12.2 Å². The van der Waals surface area contributed by atoms with Gasteiger partial charge in [-0.25, -0.2) is 15.0 Å². The van der Waals surface area contributed by atoms with Crippen LogP contribution in [0.1, 0.15) is 19.8 Å². The summed E-state index contributed by atoms with van der Waals surface area (Å²) in [5.41, 5.74) is 3.50. The van der Waals surface area contributed by atoms with Gasteiger partial charge in [0.1, 0.15) is 0 Å². The highest BCUT2D eigenvalue weighted by Crippen LogP contribution is 2.19. The summed E-state index contributed by atoms with van der Waals surface area (Å²) in [5, 5.41) is 9.72. The minimum atomic E-state index is -1.37. The van der Waals surface area contributed by atoms with Crippen molar-refractivity contribution < 1.29 is 19.4 Å². The molecule has 0 spiro atoms. The number of aromatic nitrogens is 2. The van der Waals surface area contributed by atoms with Crippen LogP contribution in [0.15, 0.2) is 30.6 Å². The highest BCUT2D eigenvalue weighted by Gasteiger charge is 2.20. The topological polar surface area (TPSA) is 105 Å². The van der Waals surface area contributed by atoms with Crippen LogP contribution in [0.3, 0.4) is 0 Å². The van der Waals surface area contributed by atoms with Gasteiger partial charge >= 0.3 is 12.2 Å². The summed E-state index contributed by atoms with van der Waals surface area (Å²) in [7, 11) is 0. The second-order valence-corrected chi connectivity index (χ2v) is 4.45. The Balaban J connectivity index is 2.25. The van der Waals surface area contributed by atoms with Crippen LogP contribution >= 0.6 is 0 Å². The summed E-state index contributed by atoms with van der Waals surface area (Å²) < 4.78 is 5.04. The van der Waals surface area contributed by atoms with E-state index in [2.05, 4.69) is 9.97 Å². The van der Waals surface area contributed by atoms with E-state index in [0.717, 1.165) is 11.4 Å². The molecule has 0 saturated heterocycles. The SMILES string of the molecule is CCCCOC(=O)N(NC(=O)O)c1ccc2nccnc2c1. The molecule has 1 heterocycles. The average molecular weight is 304 g/mol. The first kappa shape index (κ1) is 15.5. The van der Waals surface area contributed by atoms with Crippen LogP contribution in [0.4, 0.5) is 15.3 Å². The van der Waals surface area contributed by atoms with Crippen LogP contribution in [0.25, 0.3) is 11.0 Å². The predicted molar refractivity (Wildman–Crippen MR) is 79.4 cm³/mol. The number of carbonyl (C=O) groups is 2. The molecule has 0 aliphatic carbocycles. The molecule has 0 unspecified atom stereocenters. The number of benzene rings is 1. The molecule has 2 rings (SSSR count). The number of amides is 2. The lowest BCUT2D eigenvalue weighted by molar-refractivity contribution is 0.145. The van der Waals surface area contributed by atoms with Crippen molar-refractivity contribution in [1.82, 2.24) is 15.4 Å². The van der Waals surface area contributed by atoms with Crippen LogP contribution in [0.2, 0.25) is 0 Å². The van der Waals surface area contributed by atoms with E-state index in [-0.39, 0.29) is 6.61 Å². The normalized spacial score (nSPS) is 10.2. The van der Waals surface area contributed by atoms with Crippen molar-refractivity contribution in [3.05, 3.63) is 30.6 Å². The Hall–Kier alpha value is -2.90. The zero-order chi connectivity index (χ0) is 15.9. The molecule has 0 bridgehead atoms. The van der Waals surface area contributed by atoms with E-state index in [1.165, 1.54) is 6.20 Å². The number of hydrazine groups is 1. The number of carbonyl (C=O) groups excluding carboxylic acids is 1. The molecular weight excluding hydrogens is 288 g/mol. The third kappa shape index (κ3) is 3.81. The van der Waals surface area contributed by atoms with Crippen molar-refractivity contribution in [2.24, 2.45) is 0 Å². The van der Waals surface area contributed by atoms with Gasteiger partial charge in [0.2, 0.25) is 0 Å². The Bertz CT molecular complexity index is 677. The summed E-state index contributed by atoms with van der Waals surface area (Å²) in [4.78, 5) is 31.2. The second kappa shape index (κ2) is 7.21. The fourth-order valence-electron chi connectivity index (χ4n) is 1.77. The first-order valence-electron chi connectivity index (χ1n) is 6.79. The van der Waals surface area contributed by atoms with Gasteiger partial charge in [-0.05, 0) is 24.6 Å². The Morgan fingerprint density at radius 1 is 1.27 bits per heavy atom. The number of ether oxygens (including phenoxy) is 1. The number of nitrogens with one attached hydrogen (secondary N) is 1. The zero-order valence-corrected chi connectivity index (χ0v) is 12.0. The van der Waals surface area contributed by atoms with Crippen LogP contribution in [-0.4, -0.2) is 33.9 Å². The quantitative estimate of drug-likeness (QED) is 0.664. The average Bonchev–Trinajstić information content (AvgIpc) is 2.52. The lowest BCUT2D eigenvalue weighted by Crippen LogP contribution is -2.46. The fourth-order valence-corrected chi connectivity index (χ4v) is 1.77. The van der Waals surface area contributed by atoms with E-state index in [0.29, 0.717) is 23.1 Å². The fraction of sp³-hybridized carbons (Fsp3) is 0.286. The minimum Gasteiger partial charge on any atom is -0.464 e. The lowest BCUT2D eigenvalue weighted by Gasteiger charge is -2.21. The minimum absolute atomic E-state index is 0.223. The van der Waals surface area contributed by atoms with Gasteiger partial charge < -0.3 is 9.84 Å². The third-order valence-corrected chi connectivity index (χ3v) is 2.82. The largest absolute Gasteiger partial charge is 0.464 e. The molecule has 0 atom stereocenters. The maximum absolute atomic E-state index is 12.0. The van der Waals surface area contributed by atoms with Crippen molar-refractivity contribution >= 4 is 28.9 Å². The molecule has 2 amide bonds. The Morgan fingerprint density at radius 2 is 2.00 bits per heavy atom. The number of hydrogen-bond acceptors (Lipinski definition) is 5. The van der Waals surface area contributed by atoms with E-state index >= 15 is 0 Å². The van der Waals surface area contributed by atoms with Crippen LogP contribution in [0, 0.1) is 0 Å². The van der Waals surface area contributed by atoms with Gasteiger partial charge in [0.15, 0.2) is 0 Å². The molecule has 0 saturated carbocycles. The molecule has 0 fully saturated rings. The van der Waals surface area contributed by atoms with Crippen molar-refractivity contribution in [2.75, 3.05) is 11.6 Å². The van der Waals surface area contributed by atoms with Gasteiger partial charge in [-0.2, -0.15) is 5.01 Å². The Labute approximate surface area is 126 Å². The molecule has 22 heavy (non-hydrogen) atoms. The second-order valence-electron chi connectivity index (χ2n) is 4.45. The summed E-state index contributed by atoms with van der Waals surface area (Å²) in [6, 6.07) is 4.76. The van der Waals surface area contributed by atoms with Gasteiger partial charge in [-0.15, -0.1) is 0 Å². The lowest BCUT2D eigenvalue weighted by atomic mass is 10.2. The highest BCUT2D eigenvalue weighted by molar-refractivity contribution is 5.92. The highest BCUT2D eigenvalue weighted by atomic mass is 16.6. The molecule has 1 aromatic carbocycles. The number of unbranched alkanes of at least 4 members (excludes halogenated alkanes) is 1. The Morgan fingerprint density at radius 3 is 2.68 bits per heavy atom. The van der Waals surface area contributed by atoms with E-state index in [1.54, 1.807) is 24.4 Å². The zero-order valence-electron chi connectivity index (χ0n) is 12.0. The van der Waals surface area contributed by atoms with Crippen LogP contribution in [0.5, 0.6) is 0 Å². The summed E-state index contributed by atoms with van der Waals surface area (Å²) in [6.07, 6.45) is 2.47. The maximum Gasteiger partial charge on any atom is 0.433 e. The third-order valence-electron chi connectivity index (χ3n) is 2.82. The molecule has 1 aromatic heterocycles. The number of fused-ring (bicyclic) bond motifs is 1. The molecule has 8 nitrogen and oxygen atoms in total. The molecule has 0 radical (unpaired) electrons. The van der Waals surface area contributed by atoms with Gasteiger partial charge in [-0.3, -0.25) is 9.97 Å². The number of rotatable bonds is 4. The maximum atomic E-state index is 12.0. The molecule has 2 aromatic rings. The van der Waals surface area contributed by atoms with E-state index in [9.17, 15) is 9.59 Å². The first-order valence-corrected chi connectivity index (χ1v) is 6.79. The molecule has 8 heteroatoms. The van der Waals surface area contributed by atoms with Crippen molar-refractivity contribution in [3.8, 4) is 0 Å². The number of carboxylic acid groups (broad SMARTS) is 1. The van der Waals surface area contributed by atoms with Gasteiger partial charge in [0.05, 0.1) is 23.3 Å². The number of nitrogens with zero attached hydrogens (tertiary/aromatic N) is 3. The molecule has 2 N–H and O–H groups in total. The standard InChI is InChI=1S/C14H16N4O4/c1-2-3-8-22-14(21)18(17-13(19)20)10-4-5-11-12(9-10)16-7-6-15-11/h4-7,9,17H,2-3,8H2,1H3,(H,19,20). The predicted octanol–water partition coefficient (Wildman–Crippen LogP) is 2.56. The number of hydrogen-bond donors (Lipinski definition) is 2. The van der Waals surface area contributed by atoms with Crippen LogP contribution < -0.4 is 10.4 Å². The monoisotopic (exact) mass is 304 g/mol. The molecule has 0 aliphatic rings. The smallest absolute Gasteiger partial charge is 0.433 e. The first-order chi connectivity index (χ1) is 10.6. The van der Waals surface area contributed by atoms with E-state index in [1.807, 2.05) is 12.3 Å². The van der Waals surface area contributed by atoms with E-state index in [4.69, 9.17) is 9.84 Å². The molecular formula is C14H16N4O4. The summed E-state index contributed by atoms with van der Waals surface area (Å²) in [6.45, 7) is 2.18. The van der Waals surface area contributed by atoms with Crippen LogP contribution in [-0.2, 0) is 4.74 Å². The summed E-state index contributed by atoms with van der Waals surface area (Å²) >= 11 is 0. The molecule has 116 valence electrons. The summed E-state index contributed by atoms with van der Waals surface area (Å²) in [5.74, 6) is 0. The van der Waals surface area contributed by atoms with Gasteiger partial charge in [-0.1, -0.05) is 13.3 Å². The Kier molecular flexibility index (Phi) is 5.07. The van der Waals surface area contributed by atoms with Crippen molar-refractivity contribution in [2.45, 2.75) is 19.8 Å². The van der Waals surface area contributed by atoms with Gasteiger partial charge in [0, 0.05) is 12.4 Å².